The highest BCUT2D eigenvalue weighted by Gasteiger charge is 2.26. The highest BCUT2D eigenvalue weighted by molar-refractivity contribution is 5.83. The number of ether oxygens (including phenoxy) is 1. The quantitative estimate of drug-likeness (QED) is 0.376. The Morgan fingerprint density at radius 1 is 1.03 bits per heavy atom. The molecule has 1 aliphatic carbocycles. The summed E-state index contributed by atoms with van der Waals surface area (Å²) < 4.78 is 35.5. The molecule has 2 fully saturated rings. The maximum Gasteiger partial charge on any atom is 0.326 e. The van der Waals surface area contributed by atoms with E-state index in [2.05, 4.69) is 47.3 Å². The van der Waals surface area contributed by atoms with E-state index < -0.39 is 11.6 Å². The Bertz CT molecular complexity index is 1390. The minimum absolute atomic E-state index is 0.0770. The Morgan fingerprint density at radius 2 is 1.83 bits per heavy atom. The van der Waals surface area contributed by atoms with Gasteiger partial charge in [-0.05, 0) is 32.9 Å². The second-order valence-corrected chi connectivity index (χ2v) is 9.31. The first-order chi connectivity index (χ1) is 16.9. The van der Waals surface area contributed by atoms with E-state index in [1.807, 2.05) is 12.1 Å². The van der Waals surface area contributed by atoms with Gasteiger partial charge in [0.15, 0.2) is 23.2 Å². The number of benzene rings is 1. The lowest BCUT2D eigenvalue weighted by Crippen LogP contribution is -2.44. The number of aromatic nitrogens is 5. The van der Waals surface area contributed by atoms with Gasteiger partial charge in [0.2, 0.25) is 0 Å². The Morgan fingerprint density at radius 3 is 2.60 bits per heavy atom. The zero-order valence-electron chi connectivity index (χ0n) is 19.5. The van der Waals surface area contributed by atoms with Crippen LogP contribution in [0.15, 0.2) is 24.3 Å². The molecule has 4 aromatic rings. The smallest absolute Gasteiger partial charge is 0.326 e. The van der Waals surface area contributed by atoms with Gasteiger partial charge in [0.25, 0.3) is 0 Å². The number of hydrogen-bond acceptors (Lipinski definition) is 7. The van der Waals surface area contributed by atoms with Crippen molar-refractivity contribution in [2.24, 2.45) is 0 Å². The van der Waals surface area contributed by atoms with E-state index >= 15 is 4.39 Å². The molecule has 182 valence electrons. The third-order valence-corrected chi connectivity index (χ3v) is 6.49. The molecular weight excluding hydrogens is 454 g/mol. The molecule has 6 rings (SSSR count). The summed E-state index contributed by atoms with van der Waals surface area (Å²) >= 11 is 0. The summed E-state index contributed by atoms with van der Waals surface area (Å²) in [7, 11) is 2.07. The van der Waals surface area contributed by atoms with Crippen molar-refractivity contribution in [3.63, 3.8) is 0 Å². The lowest BCUT2D eigenvalue weighted by molar-refractivity contribution is 0.311. The van der Waals surface area contributed by atoms with Crippen LogP contribution in [-0.4, -0.2) is 63.3 Å². The predicted molar refractivity (Wildman–Crippen MR) is 129 cm³/mol. The summed E-state index contributed by atoms with van der Waals surface area (Å²) in [6.45, 7) is 5.06. The molecular formula is C24H26F2N8O. The monoisotopic (exact) mass is 480 g/mol. The number of nitrogens with one attached hydrogen (secondary N) is 3. The van der Waals surface area contributed by atoms with Crippen molar-refractivity contribution >= 4 is 28.4 Å². The standard InChI is InChI=1S/C24H26F2N8O/c1-13-9-15-22(26)18(10-16(25)23(15)27-13)35-24-29-19(28-20-11-17(31-32-20)14-3-4-14)12-21(30-24)34-7-5-33(2)6-8-34/h9-12,14,27H,3-8H2,1-2H3,(H2,28,29,30,31,32). The molecule has 35 heavy (non-hydrogen) atoms. The topological polar surface area (TPSA) is 98.0 Å². The largest absolute Gasteiger partial charge is 0.421 e. The summed E-state index contributed by atoms with van der Waals surface area (Å²) in [4.78, 5) is 16.1. The second-order valence-electron chi connectivity index (χ2n) is 9.31. The van der Waals surface area contributed by atoms with Gasteiger partial charge in [-0.1, -0.05) is 0 Å². The van der Waals surface area contributed by atoms with Crippen LogP contribution in [0.2, 0.25) is 0 Å². The second kappa shape index (κ2) is 8.49. The van der Waals surface area contributed by atoms with E-state index in [1.54, 1.807) is 13.0 Å². The highest BCUT2D eigenvalue weighted by atomic mass is 19.1. The molecule has 1 saturated heterocycles. The first-order valence-corrected chi connectivity index (χ1v) is 11.7. The molecule has 11 heteroatoms. The van der Waals surface area contributed by atoms with Crippen LogP contribution in [0.25, 0.3) is 10.9 Å². The van der Waals surface area contributed by atoms with Crippen LogP contribution in [0.1, 0.15) is 30.1 Å². The number of H-pyrrole nitrogens is 2. The van der Waals surface area contributed by atoms with Crippen molar-refractivity contribution in [3.8, 4) is 11.8 Å². The number of nitrogens with zero attached hydrogens (tertiary/aromatic N) is 5. The average Bonchev–Trinajstić information content (AvgIpc) is 3.45. The summed E-state index contributed by atoms with van der Waals surface area (Å²) in [5.41, 5.74) is 1.84. The summed E-state index contributed by atoms with van der Waals surface area (Å²) in [5.74, 6) is 0.708. The van der Waals surface area contributed by atoms with E-state index in [0.29, 0.717) is 29.1 Å². The highest BCUT2D eigenvalue weighted by Crippen LogP contribution is 2.40. The molecule has 0 bridgehead atoms. The fourth-order valence-electron chi connectivity index (χ4n) is 4.36. The van der Waals surface area contributed by atoms with Crippen LogP contribution in [0.3, 0.4) is 0 Å². The SMILES string of the molecule is Cc1cc2c(F)c(Oc3nc(Nc4cc(C5CC5)[nH]n4)cc(N4CCN(C)CC4)n3)cc(F)c2[nH]1. The number of rotatable bonds is 6. The van der Waals surface area contributed by atoms with Gasteiger partial charge in [-0.2, -0.15) is 15.1 Å². The van der Waals surface area contributed by atoms with Gasteiger partial charge < -0.3 is 24.8 Å². The molecule has 2 aliphatic rings. The van der Waals surface area contributed by atoms with Crippen LogP contribution >= 0.6 is 0 Å². The number of hydrogen-bond donors (Lipinski definition) is 3. The van der Waals surface area contributed by atoms with Crippen molar-refractivity contribution in [1.29, 1.82) is 0 Å². The number of aryl methyl sites for hydroxylation is 1. The molecule has 0 radical (unpaired) electrons. The maximum atomic E-state index is 15.2. The fraction of sp³-hybridized carbons (Fsp3) is 0.375. The molecule has 3 N–H and O–H groups in total. The summed E-state index contributed by atoms with van der Waals surface area (Å²) in [6, 6.07) is 6.27. The summed E-state index contributed by atoms with van der Waals surface area (Å²) in [5, 5.41) is 10.7. The lowest BCUT2D eigenvalue weighted by Gasteiger charge is -2.33. The molecule has 3 aromatic heterocycles. The molecule has 0 spiro atoms. The third-order valence-electron chi connectivity index (χ3n) is 6.49. The number of likely N-dealkylation sites (N-methyl/N-ethyl adjacent to an activating group) is 1. The third kappa shape index (κ3) is 4.39. The molecule has 4 heterocycles. The number of anilines is 3. The molecule has 1 aromatic carbocycles. The van der Waals surface area contributed by atoms with Crippen LogP contribution in [-0.2, 0) is 0 Å². The Balaban J connectivity index is 1.34. The van der Waals surface area contributed by atoms with E-state index in [4.69, 9.17) is 4.74 Å². The average molecular weight is 481 g/mol. The summed E-state index contributed by atoms with van der Waals surface area (Å²) in [6.07, 6.45) is 2.32. The molecule has 1 saturated carbocycles. The molecule has 0 atom stereocenters. The van der Waals surface area contributed by atoms with Gasteiger partial charge in [0, 0.05) is 67.1 Å². The Kier molecular flexibility index (Phi) is 5.28. The van der Waals surface area contributed by atoms with Gasteiger partial charge in [0.05, 0.1) is 5.52 Å². The van der Waals surface area contributed by atoms with Crippen molar-refractivity contribution < 1.29 is 13.5 Å². The predicted octanol–water partition coefficient (Wildman–Crippen LogP) is 4.43. The van der Waals surface area contributed by atoms with E-state index in [9.17, 15) is 4.39 Å². The Hall–Kier alpha value is -3.73. The van der Waals surface area contributed by atoms with Gasteiger partial charge in [-0.15, -0.1) is 0 Å². The normalized spacial score (nSPS) is 16.7. The molecule has 0 amide bonds. The van der Waals surface area contributed by atoms with Crippen molar-refractivity contribution in [2.75, 3.05) is 43.4 Å². The van der Waals surface area contributed by atoms with Crippen molar-refractivity contribution in [3.05, 3.63) is 47.3 Å². The number of piperazine rings is 1. The van der Waals surface area contributed by atoms with E-state index in [1.165, 1.54) is 0 Å². The van der Waals surface area contributed by atoms with E-state index in [-0.39, 0.29) is 22.7 Å². The van der Waals surface area contributed by atoms with Gasteiger partial charge >= 0.3 is 6.01 Å². The van der Waals surface area contributed by atoms with Gasteiger partial charge in [-0.25, -0.2) is 8.78 Å². The number of fused-ring (bicyclic) bond motifs is 1. The lowest BCUT2D eigenvalue weighted by atomic mass is 10.2. The Labute approximate surface area is 200 Å². The minimum atomic E-state index is -0.671. The van der Waals surface area contributed by atoms with Gasteiger partial charge in [0.1, 0.15) is 11.6 Å². The number of halogens is 2. The molecule has 9 nitrogen and oxygen atoms in total. The van der Waals surface area contributed by atoms with Crippen LogP contribution in [0.5, 0.6) is 11.8 Å². The molecule has 1 aliphatic heterocycles. The van der Waals surface area contributed by atoms with E-state index in [0.717, 1.165) is 50.8 Å². The zero-order valence-corrected chi connectivity index (χ0v) is 19.5. The first-order valence-electron chi connectivity index (χ1n) is 11.7. The van der Waals surface area contributed by atoms with Crippen LogP contribution in [0, 0.1) is 18.6 Å². The van der Waals surface area contributed by atoms with Crippen LogP contribution < -0.4 is 15.0 Å². The van der Waals surface area contributed by atoms with Crippen molar-refractivity contribution in [2.45, 2.75) is 25.7 Å². The molecule has 0 unspecified atom stereocenters. The zero-order chi connectivity index (χ0) is 24.1. The fourth-order valence-corrected chi connectivity index (χ4v) is 4.36. The van der Waals surface area contributed by atoms with Crippen LogP contribution in [0.4, 0.5) is 26.2 Å². The van der Waals surface area contributed by atoms with Crippen molar-refractivity contribution in [1.82, 2.24) is 30.0 Å². The first kappa shape index (κ1) is 21.8. The number of aromatic amines is 2. The van der Waals surface area contributed by atoms with Gasteiger partial charge in [-0.3, -0.25) is 5.10 Å². The minimum Gasteiger partial charge on any atom is -0.421 e. The maximum absolute atomic E-state index is 15.2.